The lowest BCUT2D eigenvalue weighted by Gasteiger charge is -2.15. The minimum Gasteiger partial charge on any atom is -0.320 e. The molecule has 1 amide bonds. The van der Waals surface area contributed by atoms with Gasteiger partial charge in [0, 0.05) is 11.6 Å². The molecule has 2 atom stereocenters. The number of nitrogens with one attached hydrogen (secondary N) is 1. The first-order valence-corrected chi connectivity index (χ1v) is 7.05. The second-order valence-electron chi connectivity index (χ2n) is 5.10. The zero-order valence-electron chi connectivity index (χ0n) is 12.3. The summed E-state index contributed by atoms with van der Waals surface area (Å²) < 4.78 is 0. The van der Waals surface area contributed by atoms with Crippen molar-refractivity contribution in [2.45, 2.75) is 26.3 Å². The minimum atomic E-state index is -0.534. The van der Waals surface area contributed by atoms with Crippen molar-refractivity contribution in [2.75, 3.05) is 0 Å². The Bertz CT molecular complexity index is 654. The van der Waals surface area contributed by atoms with Gasteiger partial charge in [-0.15, -0.1) is 0 Å². The van der Waals surface area contributed by atoms with Gasteiger partial charge in [0.05, 0.1) is 17.8 Å². The average molecular weight is 284 g/mol. The van der Waals surface area contributed by atoms with Gasteiger partial charge in [-0.1, -0.05) is 32.4 Å². The van der Waals surface area contributed by atoms with Crippen LogP contribution in [0.4, 0.5) is 0 Å². The van der Waals surface area contributed by atoms with Gasteiger partial charge in [-0.05, 0) is 29.7 Å². The Balaban J connectivity index is 2.01. The average Bonchev–Trinajstić information content (AvgIpc) is 2.53. The first-order chi connectivity index (χ1) is 10.1. The third kappa shape index (κ3) is 3.86. The van der Waals surface area contributed by atoms with E-state index in [1.54, 1.807) is 12.4 Å². The van der Waals surface area contributed by atoms with Gasteiger partial charge in [-0.3, -0.25) is 9.78 Å². The van der Waals surface area contributed by atoms with Gasteiger partial charge in [0.1, 0.15) is 0 Å². The Morgan fingerprint density at radius 2 is 2.29 bits per heavy atom. The molecule has 1 heterocycles. The predicted octanol–water partition coefficient (Wildman–Crippen LogP) is 2.06. The lowest BCUT2D eigenvalue weighted by molar-refractivity contribution is -0.123. The number of hydrogen-bond donors (Lipinski definition) is 2. The second kappa shape index (κ2) is 6.95. The van der Waals surface area contributed by atoms with Crippen molar-refractivity contribution in [1.82, 2.24) is 10.4 Å². The number of amides is 1. The smallest absolute Gasteiger partial charge is 0.257 e. The number of carbonyl (C=O) groups is 1. The molecule has 0 fully saturated rings. The molecule has 1 aromatic carbocycles. The maximum absolute atomic E-state index is 11.8. The van der Waals surface area contributed by atoms with Crippen LogP contribution in [0, 0.1) is 5.92 Å². The molecule has 0 saturated heterocycles. The van der Waals surface area contributed by atoms with E-state index in [9.17, 15) is 4.79 Å². The quantitative estimate of drug-likeness (QED) is 0.651. The van der Waals surface area contributed by atoms with Crippen molar-refractivity contribution in [3.8, 4) is 0 Å². The van der Waals surface area contributed by atoms with Crippen molar-refractivity contribution in [1.29, 1.82) is 0 Å². The van der Waals surface area contributed by atoms with Crippen LogP contribution >= 0.6 is 0 Å². The summed E-state index contributed by atoms with van der Waals surface area (Å²) in [6.45, 7) is 3.95. The maximum Gasteiger partial charge on any atom is 0.257 e. The number of benzene rings is 1. The molecule has 0 aliphatic rings. The number of carbonyl (C=O) groups excluding carboxylic acids is 1. The summed E-state index contributed by atoms with van der Waals surface area (Å²) in [7, 11) is 0. The summed E-state index contributed by atoms with van der Waals surface area (Å²) in [6.07, 6.45) is 4.22. The first-order valence-electron chi connectivity index (χ1n) is 7.05. The zero-order valence-corrected chi connectivity index (χ0v) is 12.3. The molecule has 0 aliphatic heterocycles. The molecule has 0 bridgehead atoms. The SMILES string of the molecule is CC[C@H](C)[C@@H](N)C(=O)N/N=C\c1ccc2ncccc2c1. The molecule has 0 unspecified atom stereocenters. The topological polar surface area (TPSA) is 80.4 Å². The highest BCUT2D eigenvalue weighted by molar-refractivity contribution is 5.89. The van der Waals surface area contributed by atoms with E-state index in [1.807, 2.05) is 44.2 Å². The highest BCUT2D eigenvalue weighted by atomic mass is 16.2. The number of hydrazone groups is 1. The molecule has 5 nitrogen and oxygen atoms in total. The molecule has 1 aromatic heterocycles. The van der Waals surface area contributed by atoms with E-state index in [0.717, 1.165) is 22.9 Å². The molecular weight excluding hydrogens is 264 g/mol. The number of nitrogens with two attached hydrogens (primary N) is 1. The third-order valence-electron chi connectivity index (χ3n) is 3.58. The monoisotopic (exact) mass is 284 g/mol. The summed E-state index contributed by atoms with van der Waals surface area (Å²) >= 11 is 0. The van der Waals surface area contributed by atoms with E-state index in [1.165, 1.54) is 0 Å². The Morgan fingerprint density at radius 3 is 3.05 bits per heavy atom. The van der Waals surface area contributed by atoms with Gasteiger partial charge in [0.25, 0.3) is 5.91 Å². The van der Waals surface area contributed by atoms with E-state index >= 15 is 0 Å². The van der Waals surface area contributed by atoms with Gasteiger partial charge in [-0.2, -0.15) is 5.10 Å². The van der Waals surface area contributed by atoms with Crippen LogP contribution in [-0.2, 0) is 4.79 Å². The number of aromatic nitrogens is 1. The molecule has 5 heteroatoms. The van der Waals surface area contributed by atoms with Crippen LogP contribution in [0.5, 0.6) is 0 Å². The number of hydrogen-bond acceptors (Lipinski definition) is 4. The van der Waals surface area contributed by atoms with Crippen LogP contribution in [0.3, 0.4) is 0 Å². The first kappa shape index (κ1) is 15.1. The van der Waals surface area contributed by atoms with Crippen LogP contribution in [0.1, 0.15) is 25.8 Å². The highest BCUT2D eigenvalue weighted by Crippen LogP contribution is 2.11. The van der Waals surface area contributed by atoms with Crippen LogP contribution < -0.4 is 11.2 Å². The van der Waals surface area contributed by atoms with Crippen molar-refractivity contribution in [2.24, 2.45) is 16.8 Å². The standard InChI is InChI=1S/C16H20N4O/c1-3-11(2)15(17)16(21)20-19-10-12-6-7-14-13(9-12)5-4-8-18-14/h4-11,15H,3,17H2,1-2H3,(H,20,21)/b19-10-/t11-,15+/m0/s1. The predicted molar refractivity (Wildman–Crippen MR) is 84.9 cm³/mol. The third-order valence-corrected chi connectivity index (χ3v) is 3.58. The van der Waals surface area contributed by atoms with E-state index in [-0.39, 0.29) is 11.8 Å². The van der Waals surface area contributed by atoms with Crippen molar-refractivity contribution in [3.63, 3.8) is 0 Å². The minimum absolute atomic E-state index is 0.131. The molecular formula is C16H20N4O. The molecule has 2 aromatic rings. The van der Waals surface area contributed by atoms with E-state index in [4.69, 9.17) is 5.73 Å². The van der Waals surface area contributed by atoms with Crippen LogP contribution in [-0.4, -0.2) is 23.1 Å². The lowest BCUT2D eigenvalue weighted by atomic mass is 10.00. The summed E-state index contributed by atoms with van der Waals surface area (Å²) in [5.41, 5.74) is 10.1. The summed E-state index contributed by atoms with van der Waals surface area (Å²) in [4.78, 5) is 16.0. The number of nitrogens with zero attached hydrogens (tertiary/aromatic N) is 2. The summed E-state index contributed by atoms with van der Waals surface area (Å²) in [6, 6.07) is 9.12. The molecule has 0 radical (unpaired) electrons. The van der Waals surface area contributed by atoms with Crippen LogP contribution in [0.25, 0.3) is 10.9 Å². The molecule has 0 spiro atoms. The zero-order chi connectivity index (χ0) is 15.2. The summed E-state index contributed by atoms with van der Waals surface area (Å²) in [5.74, 6) is -0.130. The molecule has 0 aliphatic carbocycles. The van der Waals surface area contributed by atoms with Crippen LogP contribution in [0.15, 0.2) is 41.6 Å². The molecule has 2 rings (SSSR count). The summed E-state index contributed by atoms with van der Waals surface area (Å²) in [5, 5.41) is 4.99. The van der Waals surface area contributed by atoms with Gasteiger partial charge < -0.3 is 5.73 Å². The fraction of sp³-hybridized carbons (Fsp3) is 0.312. The Hall–Kier alpha value is -2.27. The number of fused-ring (bicyclic) bond motifs is 1. The van der Waals surface area contributed by atoms with Crippen molar-refractivity contribution < 1.29 is 4.79 Å². The largest absolute Gasteiger partial charge is 0.320 e. The van der Waals surface area contributed by atoms with Gasteiger partial charge >= 0.3 is 0 Å². The maximum atomic E-state index is 11.8. The van der Waals surface area contributed by atoms with Crippen LogP contribution in [0.2, 0.25) is 0 Å². The second-order valence-corrected chi connectivity index (χ2v) is 5.10. The van der Waals surface area contributed by atoms with Crippen molar-refractivity contribution >= 4 is 23.0 Å². The number of pyridine rings is 1. The van der Waals surface area contributed by atoms with E-state index in [2.05, 4.69) is 15.5 Å². The Labute approximate surface area is 124 Å². The fourth-order valence-electron chi connectivity index (χ4n) is 1.93. The van der Waals surface area contributed by atoms with Gasteiger partial charge in [0.15, 0.2) is 0 Å². The highest BCUT2D eigenvalue weighted by Gasteiger charge is 2.18. The number of rotatable bonds is 5. The van der Waals surface area contributed by atoms with E-state index < -0.39 is 6.04 Å². The lowest BCUT2D eigenvalue weighted by Crippen LogP contribution is -2.42. The Kier molecular flexibility index (Phi) is 5.00. The van der Waals surface area contributed by atoms with Gasteiger partial charge in [-0.25, -0.2) is 5.43 Å². The molecule has 0 saturated carbocycles. The Morgan fingerprint density at radius 1 is 1.48 bits per heavy atom. The molecule has 110 valence electrons. The van der Waals surface area contributed by atoms with Crippen molar-refractivity contribution in [3.05, 3.63) is 42.1 Å². The molecule has 3 N–H and O–H groups in total. The fourth-order valence-corrected chi connectivity index (χ4v) is 1.93. The molecule has 21 heavy (non-hydrogen) atoms. The van der Waals surface area contributed by atoms with E-state index in [0.29, 0.717) is 0 Å². The normalized spacial score (nSPS) is 14.2. The van der Waals surface area contributed by atoms with Gasteiger partial charge in [0.2, 0.25) is 0 Å².